The fourth-order valence-electron chi connectivity index (χ4n) is 5.33. The Kier molecular flexibility index (Phi) is 9.78. The number of nitrogens with zero attached hydrogens (tertiary/aromatic N) is 1. The summed E-state index contributed by atoms with van der Waals surface area (Å²) in [7, 11) is 0. The van der Waals surface area contributed by atoms with Crippen LogP contribution in [0.25, 0.3) is 5.57 Å². The second-order valence-electron chi connectivity index (χ2n) is 9.82. The highest BCUT2D eigenvalue weighted by atomic mass is 15.2. The van der Waals surface area contributed by atoms with Gasteiger partial charge >= 0.3 is 0 Å². The summed E-state index contributed by atoms with van der Waals surface area (Å²) in [6.45, 7) is 10.8. The van der Waals surface area contributed by atoms with Gasteiger partial charge in [-0.1, -0.05) is 45.8 Å². The summed E-state index contributed by atoms with van der Waals surface area (Å²) < 4.78 is 0. The molecule has 0 spiro atoms. The van der Waals surface area contributed by atoms with Crippen LogP contribution in [0.5, 0.6) is 0 Å². The van der Waals surface area contributed by atoms with E-state index in [1.807, 2.05) is 0 Å². The highest BCUT2D eigenvalue weighted by Gasteiger charge is 2.24. The summed E-state index contributed by atoms with van der Waals surface area (Å²) in [6, 6.07) is 8.00. The SMILES string of the molecule is CCc1cc(NCCCCCCN2CCC(C)CC2CC)cc(C2=CCCCC2)c1. The number of piperidine rings is 1. The van der Waals surface area contributed by atoms with E-state index in [4.69, 9.17) is 0 Å². The molecule has 3 rings (SSSR count). The topological polar surface area (TPSA) is 15.3 Å². The van der Waals surface area contributed by atoms with Crippen molar-refractivity contribution in [3.05, 3.63) is 35.4 Å². The van der Waals surface area contributed by atoms with Gasteiger partial charge in [0.15, 0.2) is 0 Å². The molecule has 1 heterocycles. The van der Waals surface area contributed by atoms with Crippen LogP contribution >= 0.6 is 0 Å². The van der Waals surface area contributed by atoms with Crippen LogP contribution in [0, 0.1) is 5.92 Å². The number of allylic oxidation sites excluding steroid dienone is 2. The Morgan fingerprint density at radius 3 is 2.67 bits per heavy atom. The van der Waals surface area contributed by atoms with Gasteiger partial charge in [0.1, 0.15) is 0 Å². The maximum absolute atomic E-state index is 3.72. The normalized spacial score (nSPS) is 22.7. The van der Waals surface area contributed by atoms with Crippen molar-refractivity contribution in [1.29, 1.82) is 0 Å². The highest BCUT2D eigenvalue weighted by molar-refractivity contribution is 5.70. The minimum atomic E-state index is 0.842. The van der Waals surface area contributed by atoms with Crippen LogP contribution in [0.15, 0.2) is 24.3 Å². The maximum atomic E-state index is 3.72. The molecular weight excluding hydrogens is 364 g/mol. The third kappa shape index (κ3) is 7.15. The molecule has 2 atom stereocenters. The Labute approximate surface area is 186 Å². The average Bonchev–Trinajstić information content (AvgIpc) is 2.79. The van der Waals surface area contributed by atoms with Crippen molar-refractivity contribution in [1.82, 2.24) is 4.90 Å². The van der Waals surface area contributed by atoms with Gasteiger partial charge in [0.2, 0.25) is 0 Å². The largest absolute Gasteiger partial charge is 0.385 e. The third-order valence-electron chi connectivity index (χ3n) is 7.34. The van der Waals surface area contributed by atoms with E-state index in [1.165, 1.54) is 101 Å². The van der Waals surface area contributed by atoms with Gasteiger partial charge in [-0.25, -0.2) is 0 Å². The van der Waals surface area contributed by atoms with Crippen molar-refractivity contribution in [2.45, 2.75) is 104 Å². The van der Waals surface area contributed by atoms with Crippen molar-refractivity contribution in [3.63, 3.8) is 0 Å². The van der Waals surface area contributed by atoms with E-state index < -0.39 is 0 Å². The molecule has 2 nitrogen and oxygen atoms in total. The van der Waals surface area contributed by atoms with Gasteiger partial charge in [-0.05, 0) is 112 Å². The molecule has 1 aliphatic heterocycles. The Morgan fingerprint density at radius 2 is 1.90 bits per heavy atom. The zero-order chi connectivity index (χ0) is 21.2. The van der Waals surface area contributed by atoms with E-state index in [-0.39, 0.29) is 0 Å². The number of rotatable bonds is 11. The maximum Gasteiger partial charge on any atom is 0.0349 e. The fourth-order valence-corrected chi connectivity index (χ4v) is 5.33. The lowest BCUT2D eigenvalue weighted by atomic mass is 9.91. The molecule has 0 radical (unpaired) electrons. The molecule has 1 saturated heterocycles. The first-order valence-electron chi connectivity index (χ1n) is 13.0. The van der Waals surface area contributed by atoms with Crippen LogP contribution in [-0.4, -0.2) is 30.6 Å². The molecule has 1 aromatic carbocycles. The molecule has 1 fully saturated rings. The molecule has 30 heavy (non-hydrogen) atoms. The molecule has 0 aromatic heterocycles. The molecule has 2 aliphatic rings. The quantitative estimate of drug-likeness (QED) is 0.376. The first kappa shape index (κ1) is 23.4. The predicted molar refractivity (Wildman–Crippen MR) is 133 cm³/mol. The lowest BCUT2D eigenvalue weighted by Gasteiger charge is -2.38. The van der Waals surface area contributed by atoms with Crippen molar-refractivity contribution in [3.8, 4) is 0 Å². The van der Waals surface area contributed by atoms with Gasteiger partial charge < -0.3 is 10.2 Å². The first-order chi connectivity index (χ1) is 14.7. The molecule has 1 N–H and O–H groups in total. The van der Waals surface area contributed by atoms with Gasteiger partial charge in [0, 0.05) is 18.3 Å². The first-order valence-corrected chi connectivity index (χ1v) is 13.0. The number of anilines is 1. The predicted octanol–water partition coefficient (Wildman–Crippen LogP) is 7.69. The second-order valence-corrected chi connectivity index (χ2v) is 9.82. The number of likely N-dealkylation sites (tertiary alicyclic amines) is 1. The lowest BCUT2D eigenvalue weighted by Crippen LogP contribution is -2.42. The summed E-state index contributed by atoms with van der Waals surface area (Å²) in [5, 5.41) is 3.72. The van der Waals surface area contributed by atoms with Crippen molar-refractivity contribution in [2.75, 3.05) is 25.0 Å². The monoisotopic (exact) mass is 410 g/mol. The summed E-state index contributed by atoms with van der Waals surface area (Å²) in [6.07, 6.45) is 18.3. The Bertz CT molecular complexity index is 663. The van der Waals surface area contributed by atoms with Crippen LogP contribution < -0.4 is 5.32 Å². The number of hydrogen-bond donors (Lipinski definition) is 1. The van der Waals surface area contributed by atoms with Gasteiger partial charge in [-0.3, -0.25) is 0 Å². The van der Waals surface area contributed by atoms with Crippen LogP contribution in [-0.2, 0) is 6.42 Å². The zero-order valence-electron chi connectivity index (χ0n) is 20.0. The molecule has 0 amide bonds. The summed E-state index contributed by atoms with van der Waals surface area (Å²) in [5.74, 6) is 0.929. The van der Waals surface area contributed by atoms with Gasteiger partial charge in [0.25, 0.3) is 0 Å². The van der Waals surface area contributed by atoms with E-state index in [2.05, 4.69) is 55.3 Å². The minimum absolute atomic E-state index is 0.842. The summed E-state index contributed by atoms with van der Waals surface area (Å²) in [5.41, 5.74) is 5.81. The van der Waals surface area contributed by atoms with Crippen LogP contribution in [0.4, 0.5) is 5.69 Å². The fraction of sp³-hybridized carbons (Fsp3) is 0.714. The van der Waals surface area contributed by atoms with Gasteiger partial charge in [-0.2, -0.15) is 0 Å². The van der Waals surface area contributed by atoms with Crippen LogP contribution in [0.1, 0.15) is 103 Å². The molecule has 0 bridgehead atoms. The van der Waals surface area contributed by atoms with E-state index in [0.29, 0.717) is 0 Å². The van der Waals surface area contributed by atoms with E-state index in [0.717, 1.165) is 24.9 Å². The molecule has 168 valence electrons. The number of benzene rings is 1. The van der Waals surface area contributed by atoms with Crippen LogP contribution in [0.3, 0.4) is 0 Å². The molecule has 1 aromatic rings. The Balaban J connectivity index is 1.36. The van der Waals surface area contributed by atoms with Crippen molar-refractivity contribution >= 4 is 11.3 Å². The number of aryl methyl sites for hydroxylation is 1. The smallest absolute Gasteiger partial charge is 0.0349 e. The summed E-state index contributed by atoms with van der Waals surface area (Å²) in [4.78, 5) is 2.77. The number of nitrogens with one attached hydrogen (secondary N) is 1. The lowest BCUT2D eigenvalue weighted by molar-refractivity contribution is 0.112. The van der Waals surface area contributed by atoms with Gasteiger partial charge in [0.05, 0.1) is 0 Å². The van der Waals surface area contributed by atoms with Crippen molar-refractivity contribution < 1.29 is 0 Å². The summed E-state index contributed by atoms with van der Waals surface area (Å²) >= 11 is 0. The average molecular weight is 411 g/mol. The highest BCUT2D eigenvalue weighted by Crippen LogP contribution is 2.30. The van der Waals surface area contributed by atoms with E-state index in [1.54, 1.807) is 5.57 Å². The second kappa shape index (κ2) is 12.5. The molecule has 2 heteroatoms. The molecule has 0 saturated carbocycles. The minimum Gasteiger partial charge on any atom is -0.385 e. The molecule has 1 aliphatic carbocycles. The number of unbranched alkanes of at least 4 members (excludes halogenated alkanes) is 3. The third-order valence-corrected chi connectivity index (χ3v) is 7.34. The van der Waals surface area contributed by atoms with E-state index in [9.17, 15) is 0 Å². The molecule has 2 unspecified atom stereocenters. The zero-order valence-corrected chi connectivity index (χ0v) is 20.0. The Morgan fingerprint density at radius 1 is 1.03 bits per heavy atom. The van der Waals surface area contributed by atoms with Gasteiger partial charge in [-0.15, -0.1) is 0 Å². The molecular formula is C28H46N2. The van der Waals surface area contributed by atoms with Crippen molar-refractivity contribution in [2.24, 2.45) is 5.92 Å². The standard InChI is InChI=1S/C28H46N2/c1-4-24-20-26(25-13-9-8-10-14-25)22-27(21-24)29-16-11-6-7-12-17-30-18-15-23(3)19-28(30)5-2/h13,20-23,28-29H,4-12,14-19H2,1-3H3. The van der Waals surface area contributed by atoms with Crippen LogP contribution in [0.2, 0.25) is 0 Å². The van der Waals surface area contributed by atoms with E-state index >= 15 is 0 Å². The Hall–Kier alpha value is -1.28. The number of hydrogen-bond acceptors (Lipinski definition) is 2.